The van der Waals surface area contributed by atoms with Crippen LogP contribution in [0.3, 0.4) is 0 Å². The van der Waals surface area contributed by atoms with E-state index >= 15 is 0 Å². The van der Waals surface area contributed by atoms with Crippen LogP contribution in [0.5, 0.6) is 0 Å². The highest BCUT2D eigenvalue weighted by atomic mass is 19.4. The Hall–Kier alpha value is -1.56. The van der Waals surface area contributed by atoms with Gasteiger partial charge in [0.25, 0.3) is 0 Å². The number of aliphatic hydroxyl groups excluding tert-OH is 1. The molecule has 1 saturated carbocycles. The van der Waals surface area contributed by atoms with Crippen molar-refractivity contribution in [3.05, 3.63) is 35.9 Å². The topological polar surface area (TPSA) is 49.3 Å². The van der Waals surface area contributed by atoms with Crippen LogP contribution in [0.1, 0.15) is 31.2 Å². The van der Waals surface area contributed by atoms with Gasteiger partial charge >= 0.3 is 6.18 Å². The van der Waals surface area contributed by atoms with Crippen LogP contribution in [0.25, 0.3) is 0 Å². The fourth-order valence-electron chi connectivity index (χ4n) is 3.14. The van der Waals surface area contributed by atoms with Gasteiger partial charge in [0.05, 0.1) is 12.0 Å². The lowest BCUT2D eigenvalue weighted by atomic mass is 9.78. The van der Waals surface area contributed by atoms with Gasteiger partial charge in [-0.15, -0.1) is 0 Å². The van der Waals surface area contributed by atoms with Crippen LogP contribution in [-0.4, -0.2) is 29.8 Å². The van der Waals surface area contributed by atoms with Gasteiger partial charge in [-0.25, -0.2) is 0 Å². The highest BCUT2D eigenvalue weighted by Crippen LogP contribution is 2.41. The Bertz CT molecular complexity index is 504. The molecule has 3 nitrogen and oxygen atoms in total. The predicted molar refractivity (Wildman–Crippen MR) is 80.7 cm³/mol. The average molecular weight is 329 g/mol. The maximum absolute atomic E-state index is 13.0. The van der Waals surface area contributed by atoms with Crippen molar-refractivity contribution in [2.75, 3.05) is 6.54 Å². The minimum absolute atomic E-state index is 0.00809. The molecule has 0 spiro atoms. The van der Waals surface area contributed by atoms with Crippen LogP contribution in [-0.2, 0) is 11.2 Å². The lowest BCUT2D eigenvalue weighted by molar-refractivity contribution is -0.198. The zero-order chi connectivity index (χ0) is 16.9. The summed E-state index contributed by atoms with van der Waals surface area (Å²) < 4.78 is 39.0. The van der Waals surface area contributed by atoms with E-state index in [2.05, 4.69) is 5.32 Å². The van der Waals surface area contributed by atoms with E-state index in [0.29, 0.717) is 19.3 Å². The minimum Gasteiger partial charge on any atom is -0.391 e. The van der Waals surface area contributed by atoms with Gasteiger partial charge in [-0.05, 0) is 18.4 Å². The van der Waals surface area contributed by atoms with Crippen molar-refractivity contribution in [3.63, 3.8) is 0 Å². The third-order valence-corrected chi connectivity index (χ3v) is 4.35. The maximum Gasteiger partial charge on any atom is 0.392 e. The van der Waals surface area contributed by atoms with Crippen molar-refractivity contribution < 1.29 is 23.1 Å². The second kappa shape index (κ2) is 7.81. The van der Waals surface area contributed by atoms with E-state index in [9.17, 15) is 23.1 Å². The van der Waals surface area contributed by atoms with E-state index in [0.717, 1.165) is 5.56 Å². The Labute approximate surface area is 133 Å². The van der Waals surface area contributed by atoms with Crippen molar-refractivity contribution in [1.29, 1.82) is 0 Å². The van der Waals surface area contributed by atoms with E-state index in [-0.39, 0.29) is 19.4 Å². The second-order valence-electron chi connectivity index (χ2n) is 6.13. The molecule has 0 aromatic heterocycles. The normalized spacial score (nSPS) is 23.3. The molecule has 23 heavy (non-hydrogen) atoms. The minimum atomic E-state index is -4.34. The van der Waals surface area contributed by atoms with Crippen molar-refractivity contribution >= 4 is 5.91 Å². The summed E-state index contributed by atoms with van der Waals surface area (Å²) >= 11 is 0. The first-order valence-electron chi connectivity index (χ1n) is 7.94. The number of rotatable bonds is 5. The van der Waals surface area contributed by atoms with Crippen molar-refractivity contribution in [2.45, 2.75) is 44.4 Å². The predicted octanol–water partition coefficient (Wildman–Crippen LogP) is 3.07. The number of amides is 1. The molecule has 1 amide bonds. The number of aliphatic hydroxyl groups is 1. The number of carbonyl (C=O) groups is 1. The SMILES string of the molecule is O=C(NC[C@@H](O)Cc1ccccc1)[C@@H]1CCCC[C@@H]1C(F)(F)F. The second-order valence-corrected chi connectivity index (χ2v) is 6.13. The summed E-state index contributed by atoms with van der Waals surface area (Å²) in [7, 11) is 0. The van der Waals surface area contributed by atoms with Crippen LogP contribution in [0.15, 0.2) is 30.3 Å². The van der Waals surface area contributed by atoms with Crippen molar-refractivity contribution in [2.24, 2.45) is 11.8 Å². The Morgan fingerprint density at radius 3 is 2.52 bits per heavy atom. The summed E-state index contributed by atoms with van der Waals surface area (Å²) in [6.07, 6.45) is -3.39. The molecule has 2 N–H and O–H groups in total. The van der Waals surface area contributed by atoms with E-state index in [4.69, 9.17) is 0 Å². The Kier molecular flexibility index (Phi) is 6.04. The first kappa shape index (κ1) is 17.8. The van der Waals surface area contributed by atoms with Gasteiger partial charge in [0.2, 0.25) is 5.91 Å². The zero-order valence-corrected chi connectivity index (χ0v) is 12.9. The first-order chi connectivity index (χ1) is 10.9. The van der Waals surface area contributed by atoms with Gasteiger partial charge in [-0.2, -0.15) is 13.2 Å². The smallest absolute Gasteiger partial charge is 0.391 e. The molecule has 0 bridgehead atoms. The molecular weight excluding hydrogens is 307 g/mol. The molecule has 1 aliphatic rings. The summed E-state index contributed by atoms with van der Waals surface area (Å²) in [5.74, 6) is -3.20. The van der Waals surface area contributed by atoms with Crippen molar-refractivity contribution in [3.8, 4) is 0 Å². The van der Waals surface area contributed by atoms with Gasteiger partial charge in [0.1, 0.15) is 0 Å². The van der Waals surface area contributed by atoms with Crippen LogP contribution < -0.4 is 5.32 Å². The average Bonchev–Trinajstić information content (AvgIpc) is 2.53. The lowest BCUT2D eigenvalue weighted by Gasteiger charge is -2.32. The van der Waals surface area contributed by atoms with Crippen LogP contribution in [0.2, 0.25) is 0 Å². The van der Waals surface area contributed by atoms with Crippen molar-refractivity contribution in [1.82, 2.24) is 5.32 Å². The number of nitrogens with one attached hydrogen (secondary N) is 1. The summed E-state index contributed by atoms with van der Waals surface area (Å²) in [6.45, 7) is -0.0329. The molecule has 0 aliphatic heterocycles. The molecule has 6 heteroatoms. The summed E-state index contributed by atoms with van der Waals surface area (Å²) in [5, 5.41) is 12.4. The molecule has 1 aliphatic carbocycles. The lowest BCUT2D eigenvalue weighted by Crippen LogP contribution is -2.44. The molecule has 0 saturated heterocycles. The number of hydrogen-bond acceptors (Lipinski definition) is 2. The van der Waals surface area contributed by atoms with Crippen LogP contribution in [0.4, 0.5) is 13.2 Å². The van der Waals surface area contributed by atoms with Gasteiger partial charge in [0.15, 0.2) is 0 Å². The third kappa shape index (κ3) is 5.23. The molecule has 0 unspecified atom stereocenters. The fourth-order valence-corrected chi connectivity index (χ4v) is 3.14. The molecule has 0 heterocycles. The maximum atomic E-state index is 13.0. The van der Waals surface area contributed by atoms with Gasteiger partial charge in [-0.1, -0.05) is 43.2 Å². The highest BCUT2D eigenvalue weighted by Gasteiger charge is 2.47. The summed E-state index contributed by atoms with van der Waals surface area (Å²) in [6, 6.07) is 9.25. The van der Waals surface area contributed by atoms with Gasteiger partial charge in [-0.3, -0.25) is 4.79 Å². The monoisotopic (exact) mass is 329 g/mol. The molecule has 128 valence electrons. The van der Waals surface area contributed by atoms with Gasteiger partial charge < -0.3 is 10.4 Å². The number of hydrogen-bond donors (Lipinski definition) is 2. The summed E-state index contributed by atoms with van der Waals surface area (Å²) in [5.41, 5.74) is 0.917. The number of carbonyl (C=O) groups excluding carboxylic acids is 1. The van der Waals surface area contributed by atoms with E-state index in [1.54, 1.807) is 0 Å². The number of halogens is 3. The first-order valence-corrected chi connectivity index (χ1v) is 7.94. The fraction of sp³-hybridized carbons (Fsp3) is 0.588. The summed E-state index contributed by atoms with van der Waals surface area (Å²) in [4.78, 5) is 12.1. The Balaban J connectivity index is 1.85. The molecule has 2 rings (SSSR count). The molecule has 1 aromatic rings. The van der Waals surface area contributed by atoms with Crippen LogP contribution >= 0.6 is 0 Å². The van der Waals surface area contributed by atoms with Gasteiger partial charge in [0, 0.05) is 18.9 Å². The van der Waals surface area contributed by atoms with E-state index in [1.807, 2.05) is 30.3 Å². The third-order valence-electron chi connectivity index (χ3n) is 4.35. The largest absolute Gasteiger partial charge is 0.392 e. The molecule has 1 aromatic carbocycles. The molecule has 3 atom stereocenters. The van der Waals surface area contributed by atoms with E-state index in [1.165, 1.54) is 0 Å². The van der Waals surface area contributed by atoms with E-state index < -0.39 is 30.0 Å². The van der Waals surface area contributed by atoms with Crippen LogP contribution in [0, 0.1) is 11.8 Å². The quantitative estimate of drug-likeness (QED) is 0.872. The number of alkyl halides is 3. The molecule has 1 fully saturated rings. The number of benzene rings is 1. The Morgan fingerprint density at radius 1 is 1.22 bits per heavy atom. The highest BCUT2D eigenvalue weighted by molar-refractivity contribution is 5.79. The molecular formula is C17H22F3NO2. The standard InChI is InChI=1S/C17H22F3NO2/c18-17(19,20)15-9-5-4-8-14(15)16(23)21-11-13(22)10-12-6-2-1-3-7-12/h1-3,6-7,13-15,22H,4-5,8-11H2,(H,21,23)/t13-,14+,15-/m0/s1. The zero-order valence-electron chi connectivity index (χ0n) is 12.9. The molecule has 0 radical (unpaired) electrons. The Morgan fingerprint density at radius 2 is 1.87 bits per heavy atom.